The highest BCUT2D eigenvalue weighted by Gasteiger charge is 2.17. The molecule has 0 bridgehead atoms. The van der Waals surface area contributed by atoms with E-state index in [1.807, 2.05) is 0 Å². The van der Waals surface area contributed by atoms with E-state index in [0.29, 0.717) is 4.88 Å². The molecule has 94 valence electrons. The van der Waals surface area contributed by atoms with Crippen LogP contribution in [0.3, 0.4) is 0 Å². The Kier molecular flexibility index (Phi) is 3.35. The van der Waals surface area contributed by atoms with Crippen LogP contribution >= 0.6 is 22.7 Å². The topological polar surface area (TPSA) is 83.8 Å². The number of carbonyl (C=O) groups is 2. The van der Waals surface area contributed by atoms with Crippen molar-refractivity contribution in [1.29, 1.82) is 0 Å². The van der Waals surface area contributed by atoms with Gasteiger partial charge in [0.2, 0.25) is 0 Å². The summed E-state index contributed by atoms with van der Waals surface area (Å²) in [5, 5.41) is 19.5. The summed E-state index contributed by atoms with van der Waals surface area (Å²) < 4.78 is 5.03. The van der Waals surface area contributed by atoms with E-state index in [-0.39, 0.29) is 21.3 Å². The molecule has 7 heteroatoms. The van der Waals surface area contributed by atoms with Crippen molar-refractivity contribution in [2.45, 2.75) is 6.92 Å². The summed E-state index contributed by atoms with van der Waals surface area (Å²) in [6.07, 6.45) is 0. The van der Waals surface area contributed by atoms with Crippen molar-refractivity contribution in [3.05, 3.63) is 32.8 Å². The molecule has 0 spiro atoms. The summed E-state index contributed by atoms with van der Waals surface area (Å²) in [6.45, 7) is 1.69. The maximum Gasteiger partial charge on any atom is 0.346 e. The lowest BCUT2D eigenvalue weighted by Crippen LogP contribution is -2.07. The number of aryl methyl sites for hydroxylation is 1. The van der Waals surface area contributed by atoms with Crippen molar-refractivity contribution in [3.8, 4) is 10.8 Å². The van der Waals surface area contributed by atoms with E-state index in [4.69, 9.17) is 9.84 Å². The van der Waals surface area contributed by atoms with Crippen LogP contribution in [-0.2, 0) is 0 Å². The van der Waals surface area contributed by atoms with E-state index >= 15 is 0 Å². The third kappa shape index (κ3) is 2.52. The van der Waals surface area contributed by atoms with Crippen LogP contribution in [0.15, 0.2) is 17.5 Å². The smallest absolute Gasteiger partial charge is 0.346 e. The number of aromatic hydroxyl groups is 1. The van der Waals surface area contributed by atoms with Crippen LogP contribution in [0.5, 0.6) is 10.8 Å². The minimum Gasteiger partial charge on any atom is -0.499 e. The summed E-state index contributed by atoms with van der Waals surface area (Å²) in [5.74, 6) is -1.49. The number of hydrogen-bond acceptors (Lipinski definition) is 6. The van der Waals surface area contributed by atoms with E-state index in [1.54, 1.807) is 6.92 Å². The fraction of sp³-hybridized carbons (Fsp3) is 0.0909. The van der Waals surface area contributed by atoms with Crippen molar-refractivity contribution < 1.29 is 24.5 Å². The molecule has 5 nitrogen and oxygen atoms in total. The summed E-state index contributed by atoms with van der Waals surface area (Å²) >= 11 is 2.06. The Labute approximate surface area is 110 Å². The van der Waals surface area contributed by atoms with E-state index in [2.05, 4.69) is 0 Å². The molecule has 2 rings (SSSR count). The highest BCUT2D eigenvalue weighted by Crippen LogP contribution is 2.29. The Balaban J connectivity index is 2.16. The fourth-order valence-corrected chi connectivity index (χ4v) is 2.70. The van der Waals surface area contributed by atoms with E-state index < -0.39 is 11.9 Å². The van der Waals surface area contributed by atoms with E-state index in [9.17, 15) is 14.7 Å². The zero-order valence-corrected chi connectivity index (χ0v) is 10.8. The molecule has 0 saturated carbocycles. The number of esters is 1. The fourth-order valence-electron chi connectivity index (χ4n) is 1.32. The minimum absolute atomic E-state index is 0.0380. The van der Waals surface area contributed by atoms with Crippen LogP contribution < -0.4 is 4.74 Å². The quantitative estimate of drug-likeness (QED) is 0.847. The number of rotatable bonds is 3. The molecule has 0 aromatic carbocycles. The van der Waals surface area contributed by atoms with Crippen molar-refractivity contribution in [2.24, 2.45) is 0 Å². The number of carboxylic acids is 1. The SMILES string of the molecule is Cc1sc(O)cc1C(=O)Oc1csc(C(=O)O)c1. The van der Waals surface area contributed by atoms with Gasteiger partial charge in [-0.25, -0.2) is 9.59 Å². The highest BCUT2D eigenvalue weighted by atomic mass is 32.1. The normalized spacial score (nSPS) is 10.3. The second kappa shape index (κ2) is 4.79. The molecule has 0 aliphatic rings. The molecule has 2 aromatic heterocycles. The third-order valence-electron chi connectivity index (χ3n) is 2.12. The van der Waals surface area contributed by atoms with Crippen molar-refractivity contribution in [1.82, 2.24) is 0 Å². The Morgan fingerprint density at radius 2 is 2.06 bits per heavy atom. The third-order valence-corrected chi connectivity index (χ3v) is 3.87. The first-order chi connectivity index (χ1) is 8.47. The molecule has 0 fully saturated rings. The predicted molar refractivity (Wildman–Crippen MR) is 67.0 cm³/mol. The standard InChI is InChI=1S/C11H8O5S2/c1-5-7(3-9(12)18-5)11(15)16-6-2-8(10(13)14)17-4-6/h2-4,12H,1H3,(H,13,14). The molecule has 18 heavy (non-hydrogen) atoms. The van der Waals surface area contributed by atoms with Crippen LogP contribution in [0.4, 0.5) is 0 Å². The van der Waals surface area contributed by atoms with Gasteiger partial charge in [-0.3, -0.25) is 0 Å². The Hall–Kier alpha value is -1.86. The summed E-state index contributed by atoms with van der Waals surface area (Å²) in [4.78, 5) is 23.2. The Morgan fingerprint density at radius 1 is 1.33 bits per heavy atom. The average molecular weight is 284 g/mol. The van der Waals surface area contributed by atoms with Crippen molar-refractivity contribution in [2.75, 3.05) is 0 Å². The van der Waals surface area contributed by atoms with Crippen LogP contribution in [0.25, 0.3) is 0 Å². The summed E-state index contributed by atoms with van der Waals surface area (Å²) in [7, 11) is 0. The van der Waals surface area contributed by atoms with Gasteiger partial charge in [-0.15, -0.1) is 22.7 Å². The van der Waals surface area contributed by atoms with Gasteiger partial charge in [-0.05, 0) is 6.92 Å². The van der Waals surface area contributed by atoms with E-state index in [1.165, 1.54) is 17.5 Å². The number of carbonyl (C=O) groups excluding carboxylic acids is 1. The van der Waals surface area contributed by atoms with Gasteiger partial charge >= 0.3 is 11.9 Å². The summed E-state index contributed by atoms with van der Waals surface area (Å²) in [6, 6.07) is 2.61. The molecule has 0 aliphatic carbocycles. The average Bonchev–Trinajstić information content (AvgIpc) is 2.85. The second-order valence-electron chi connectivity index (χ2n) is 3.40. The van der Waals surface area contributed by atoms with Gasteiger partial charge in [0.15, 0.2) is 5.06 Å². The van der Waals surface area contributed by atoms with Gasteiger partial charge in [0, 0.05) is 22.4 Å². The molecule has 2 aromatic rings. The summed E-state index contributed by atoms with van der Waals surface area (Å²) in [5.41, 5.74) is 0.278. The minimum atomic E-state index is -1.06. The number of ether oxygens (including phenoxy) is 1. The molecule has 0 radical (unpaired) electrons. The molecule has 0 amide bonds. The molecule has 2 N–H and O–H groups in total. The monoisotopic (exact) mass is 284 g/mol. The lowest BCUT2D eigenvalue weighted by Gasteiger charge is -1.99. The number of aromatic carboxylic acids is 1. The van der Waals surface area contributed by atoms with Crippen LogP contribution in [0.1, 0.15) is 24.9 Å². The van der Waals surface area contributed by atoms with Gasteiger partial charge in [-0.2, -0.15) is 0 Å². The molecule has 0 unspecified atom stereocenters. The number of thiophene rings is 2. The van der Waals surface area contributed by atoms with Crippen LogP contribution in [0.2, 0.25) is 0 Å². The molecule has 2 heterocycles. The van der Waals surface area contributed by atoms with Crippen LogP contribution in [-0.4, -0.2) is 22.2 Å². The highest BCUT2D eigenvalue weighted by molar-refractivity contribution is 7.14. The number of carboxylic acid groups (broad SMARTS) is 1. The first-order valence-electron chi connectivity index (χ1n) is 4.81. The molecule has 0 saturated heterocycles. The maximum absolute atomic E-state index is 11.8. The van der Waals surface area contributed by atoms with Crippen LogP contribution in [0, 0.1) is 6.92 Å². The van der Waals surface area contributed by atoms with E-state index in [0.717, 1.165) is 22.7 Å². The second-order valence-corrected chi connectivity index (χ2v) is 5.54. The van der Waals surface area contributed by atoms with Gasteiger partial charge in [0.1, 0.15) is 10.6 Å². The lowest BCUT2D eigenvalue weighted by molar-refractivity contribution is 0.0693. The molecular weight excluding hydrogens is 276 g/mol. The number of hydrogen-bond donors (Lipinski definition) is 2. The predicted octanol–water partition coefficient (Wildman–Crippen LogP) is 2.74. The largest absolute Gasteiger partial charge is 0.499 e. The van der Waals surface area contributed by atoms with Gasteiger partial charge in [-0.1, -0.05) is 0 Å². The van der Waals surface area contributed by atoms with Gasteiger partial charge < -0.3 is 14.9 Å². The molecular formula is C11H8O5S2. The molecule has 0 atom stereocenters. The maximum atomic E-state index is 11.8. The zero-order valence-electron chi connectivity index (χ0n) is 9.17. The Morgan fingerprint density at radius 3 is 2.56 bits per heavy atom. The first kappa shape index (κ1) is 12.6. The molecule has 0 aliphatic heterocycles. The first-order valence-corrected chi connectivity index (χ1v) is 6.50. The lowest BCUT2D eigenvalue weighted by atomic mass is 10.3. The van der Waals surface area contributed by atoms with Gasteiger partial charge in [0.05, 0.1) is 5.56 Å². The van der Waals surface area contributed by atoms with Gasteiger partial charge in [0.25, 0.3) is 0 Å². The zero-order chi connectivity index (χ0) is 13.3. The van der Waals surface area contributed by atoms with Crippen molar-refractivity contribution >= 4 is 34.6 Å². The Bertz CT molecular complexity index is 611. The van der Waals surface area contributed by atoms with Crippen molar-refractivity contribution in [3.63, 3.8) is 0 Å².